The van der Waals surface area contributed by atoms with Crippen molar-refractivity contribution in [2.24, 2.45) is 0 Å². The van der Waals surface area contributed by atoms with Gasteiger partial charge in [0.2, 0.25) is 5.88 Å². The highest BCUT2D eigenvalue weighted by atomic mass is 16.5. The molecule has 13 heavy (non-hydrogen) atoms. The highest BCUT2D eigenvalue weighted by Gasteiger charge is 2.05. The van der Waals surface area contributed by atoms with Gasteiger partial charge >= 0.3 is 0 Å². The van der Waals surface area contributed by atoms with Gasteiger partial charge in [0.1, 0.15) is 6.07 Å². The van der Waals surface area contributed by atoms with Gasteiger partial charge in [0.25, 0.3) is 0 Å². The van der Waals surface area contributed by atoms with Crippen LogP contribution >= 0.6 is 0 Å². The number of nitriles is 1. The third-order valence-electron chi connectivity index (χ3n) is 1.31. The summed E-state index contributed by atoms with van der Waals surface area (Å²) in [5.74, 6) is 0.225. The first kappa shape index (κ1) is 9.33. The lowest BCUT2D eigenvalue weighted by molar-refractivity contribution is 0.232. The van der Waals surface area contributed by atoms with Crippen LogP contribution in [0.15, 0.2) is 12.1 Å². The summed E-state index contributed by atoms with van der Waals surface area (Å²) in [4.78, 5) is 3.80. The van der Waals surface area contributed by atoms with E-state index in [1.54, 1.807) is 6.07 Å². The first-order chi connectivity index (χ1) is 6.13. The molecule has 0 aliphatic rings. The predicted octanol–water partition coefficient (Wildman–Crippen LogP) is 1.45. The van der Waals surface area contributed by atoms with Crippen LogP contribution < -0.4 is 4.74 Å². The molecule has 4 nitrogen and oxygen atoms in total. The van der Waals surface area contributed by atoms with E-state index in [9.17, 15) is 0 Å². The van der Waals surface area contributed by atoms with E-state index in [2.05, 4.69) is 4.98 Å². The van der Waals surface area contributed by atoms with Gasteiger partial charge in [0.15, 0.2) is 11.4 Å². The average Bonchev–Trinajstić information content (AvgIpc) is 2.07. The molecule has 1 heterocycles. The van der Waals surface area contributed by atoms with Crippen molar-refractivity contribution in [3.05, 3.63) is 17.8 Å². The molecule has 68 valence electrons. The third kappa shape index (κ3) is 2.34. The first-order valence-electron chi connectivity index (χ1n) is 3.90. The van der Waals surface area contributed by atoms with Crippen LogP contribution in [-0.4, -0.2) is 16.2 Å². The van der Waals surface area contributed by atoms with E-state index in [1.165, 1.54) is 12.1 Å². The molecule has 4 heteroatoms. The van der Waals surface area contributed by atoms with E-state index in [0.717, 1.165) is 0 Å². The number of hydrogen-bond donors (Lipinski definition) is 1. The van der Waals surface area contributed by atoms with Crippen molar-refractivity contribution in [1.29, 1.82) is 5.26 Å². The van der Waals surface area contributed by atoms with Crippen LogP contribution in [0.1, 0.15) is 19.5 Å². The molecule has 1 rings (SSSR count). The molecule has 0 saturated heterocycles. The van der Waals surface area contributed by atoms with E-state index in [1.807, 2.05) is 13.8 Å². The molecule has 0 aromatic carbocycles. The van der Waals surface area contributed by atoms with Gasteiger partial charge in [-0.2, -0.15) is 10.2 Å². The van der Waals surface area contributed by atoms with Gasteiger partial charge < -0.3 is 9.84 Å². The Kier molecular flexibility index (Phi) is 2.70. The maximum Gasteiger partial charge on any atom is 0.214 e. The van der Waals surface area contributed by atoms with Gasteiger partial charge in [-0.1, -0.05) is 0 Å². The fourth-order valence-electron chi connectivity index (χ4n) is 0.823. The van der Waals surface area contributed by atoms with Crippen molar-refractivity contribution >= 4 is 0 Å². The minimum Gasteiger partial charge on any atom is -0.505 e. The Hall–Kier alpha value is -1.76. The monoisotopic (exact) mass is 178 g/mol. The van der Waals surface area contributed by atoms with Gasteiger partial charge in [-0.15, -0.1) is 0 Å². The molecule has 0 spiro atoms. The largest absolute Gasteiger partial charge is 0.505 e. The lowest BCUT2D eigenvalue weighted by Crippen LogP contribution is -2.07. The Balaban J connectivity index is 2.95. The molecule has 0 bridgehead atoms. The lowest BCUT2D eigenvalue weighted by Gasteiger charge is -2.08. The molecule has 1 aromatic rings. The summed E-state index contributed by atoms with van der Waals surface area (Å²) < 4.78 is 5.24. The van der Waals surface area contributed by atoms with Gasteiger partial charge in [-0.3, -0.25) is 0 Å². The fraction of sp³-hybridized carbons (Fsp3) is 0.333. The SMILES string of the molecule is CC(C)Oc1ccc(O)c(C#N)n1. The Morgan fingerprint density at radius 3 is 2.77 bits per heavy atom. The highest BCUT2D eigenvalue weighted by molar-refractivity contribution is 5.38. The van der Waals surface area contributed by atoms with Gasteiger partial charge in [0, 0.05) is 6.07 Å². The van der Waals surface area contributed by atoms with Crippen molar-refractivity contribution in [2.45, 2.75) is 20.0 Å². The summed E-state index contributed by atoms with van der Waals surface area (Å²) in [6.45, 7) is 3.72. The molecule has 0 fully saturated rings. The molecular weight excluding hydrogens is 168 g/mol. The Morgan fingerprint density at radius 2 is 2.23 bits per heavy atom. The smallest absolute Gasteiger partial charge is 0.214 e. The van der Waals surface area contributed by atoms with Gasteiger partial charge in [0.05, 0.1) is 6.10 Å². The number of nitrogens with zero attached hydrogens (tertiary/aromatic N) is 2. The zero-order valence-electron chi connectivity index (χ0n) is 7.48. The van der Waals surface area contributed by atoms with Crippen LogP contribution in [0.3, 0.4) is 0 Å². The fourth-order valence-corrected chi connectivity index (χ4v) is 0.823. The van der Waals surface area contributed by atoms with Gasteiger partial charge in [-0.05, 0) is 19.9 Å². The van der Waals surface area contributed by atoms with Crippen LogP contribution in [0.2, 0.25) is 0 Å². The second-order valence-electron chi connectivity index (χ2n) is 2.80. The summed E-state index contributed by atoms with van der Waals surface area (Å²) in [5.41, 5.74) is -0.0156. The Bertz CT molecular complexity index is 342. The average molecular weight is 178 g/mol. The minimum absolute atomic E-state index is 0.00332. The number of aromatic nitrogens is 1. The van der Waals surface area contributed by atoms with Crippen molar-refractivity contribution in [1.82, 2.24) is 4.98 Å². The number of pyridine rings is 1. The van der Waals surface area contributed by atoms with Crippen LogP contribution in [-0.2, 0) is 0 Å². The number of hydrogen-bond acceptors (Lipinski definition) is 4. The number of ether oxygens (including phenoxy) is 1. The molecule has 1 N–H and O–H groups in total. The van der Waals surface area contributed by atoms with Gasteiger partial charge in [-0.25, -0.2) is 0 Å². The van der Waals surface area contributed by atoms with E-state index < -0.39 is 0 Å². The number of aromatic hydroxyl groups is 1. The summed E-state index contributed by atoms with van der Waals surface area (Å²) in [7, 11) is 0. The normalized spacial score (nSPS) is 9.69. The van der Waals surface area contributed by atoms with Crippen LogP contribution in [0.4, 0.5) is 0 Å². The maximum atomic E-state index is 9.13. The van der Waals surface area contributed by atoms with E-state index in [-0.39, 0.29) is 17.5 Å². The summed E-state index contributed by atoms with van der Waals surface area (Å²) in [5, 5.41) is 17.7. The zero-order chi connectivity index (χ0) is 9.84. The molecule has 0 aliphatic carbocycles. The predicted molar refractivity (Wildman–Crippen MR) is 46.4 cm³/mol. The van der Waals surface area contributed by atoms with Crippen molar-refractivity contribution in [3.63, 3.8) is 0 Å². The molecule has 0 amide bonds. The summed E-state index contributed by atoms with van der Waals surface area (Å²) >= 11 is 0. The third-order valence-corrected chi connectivity index (χ3v) is 1.31. The molecule has 0 atom stereocenters. The van der Waals surface area contributed by atoms with E-state index >= 15 is 0 Å². The maximum absolute atomic E-state index is 9.13. The molecular formula is C9H10N2O2. The molecule has 0 unspecified atom stereocenters. The van der Waals surface area contributed by atoms with Crippen LogP contribution in [0, 0.1) is 11.3 Å². The van der Waals surface area contributed by atoms with E-state index in [4.69, 9.17) is 15.1 Å². The molecule has 0 aliphatic heterocycles. The second-order valence-corrected chi connectivity index (χ2v) is 2.80. The topological polar surface area (TPSA) is 66.1 Å². The molecule has 0 saturated carbocycles. The summed E-state index contributed by atoms with van der Waals surface area (Å²) in [6.07, 6.45) is 0.00332. The highest BCUT2D eigenvalue weighted by Crippen LogP contribution is 2.18. The van der Waals surface area contributed by atoms with Crippen LogP contribution in [0.25, 0.3) is 0 Å². The van der Waals surface area contributed by atoms with Crippen LogP contribution in [0.5, 0.6) is 11.6 Å². The second kappa shape index (κ2) is 3.76. The van der Waals surface area contributed by atoms with E-state index in [0.29, 0.717) is 5.88 Å². The molecule has 0 radical (unpaired) electrons. The van der Waals surface area contributed by atoms with Crippen molar-refractivity contribution in [2.75, 3.05) is 0 Å². The minimum atomic E-state index is -0.126. The van der Waals surface area contributed by atoms with Crippen molar-refractivity contribution in [3.8, 4) is 17.7 Å². The zero-order valence-corrected chi connectivity index (χ0v) is 7.48. The standard InChI is InChI=1S/C9H10N2O2/c1-6(2)13-9-4-3-8(12)7(5-10)11-9/h3-4,6,12H,1-2H3. The Morgan fingerprint density at radius 1 is 1.54 bits per heavy atom. The van der Waals surface area contributed by atoms with Crippen molar-refractivity contribution < 1.29 is 9.84 Å². The Labute approximate surface area is 76.4 Å². The number of rotatable bonds is 2. The first-order valence-corrected chi connectivity index (χ1v) is 3.90. The quantitative estimate of drug-likeness (QED) is 0.744. The summed E-state index contributed by atoms with van der Waals surface area (Å²) in [6, 6.07) is 4.68. The molecule has 1 aromatic heterocycles. The lowest BCUT2D eigenvalue weighted by atomic mass is 10.3.